The summed E-state index contributed by atoms with van der Waals surface area (Å²) in [5, 5.41) is 5.66. The van der Waals surface area contributed by atoms with Crippen molar-refractivity contribution >= 4 is 11.8 Å². The van der Waals surface area contributed by atoms with Crippen LogP contribution in [0.4, 0.5) is 0 Å². The van der Waals surface area contributed by atoms with Crippen molar-refractivity contribution in [3.63, 3.8) is 0 Å². The normalized spacial score (nSPS) is 21.8. The molecule has 1 saturated heterocycles. The molecule has 1 atom stereocenters. The van der Waals surface area contributed by atoms with Crippen molar-refractivity contribution in [2.75, 3.05) is 26.2 Å². The molecular weight excluding hydrogens is 304 g/mol. The van der Waals surface area contributed by atoms with Gasteiger partial charge in [-0.3, -0.25) is 9.59 Å². The molecule has 0 unspecified atom stereocenters. The van der Waals surface area contributed by atoms with Gasteiger partial charge in [-0.15, -0.1) is 0 Å². The van der Waals surface area contributed by atoms with E-state index in [-0.39, 0.29) is 30.3 Å². The van der Waals surface area contributed by atoms with Gasteiger partial charge in [0.05, 0.1) is 12.6 Å². The summed E-state index contributed by atoms with van der Waals surface area (Å²) in [5.41, 5.74) is 5.76. The zero-order chi connectivity index (χ0) is 17.5. The minimum absolute atomic E-state index is 0.0154. The summed E-state index contributed by atoms with van der Waals surface area (Å²) in [5.74, 6) is 0.578. The zero-order valence-corrected chi connectivity index (χ0v) is 15.2. The molecule has 24 heavy (non-hydrogen) atoms. The second kappa shape index (κ2) is 9.37. The molecule has 2 amide bonds. The molecule has 1 heterocycles. The highest BCUT2D eigenvalue weighted by molar-refractivity contribution is 5.87. The summed E-state index contributed by atoms with van der Waals surface area (Å²) in [6.45, 7) is 7.15. The van der Waals surface area contributed by atoms with Gasteiger partial charge < -0.3 is 21.3 Å². The van der Waals surface area contributed by atoms with E-state index in [2.05, 4.69) is 15.5 Å². The summed E-state index contributed by atoms with van der Waals surface area (Å²) in [7, 11) is 0. The number of nitrogens with one attached hydrogen (secondary N) is 2. The van der Waals surface area contributed by atoms with E-state index in [4.69, 9.17) is 5.73 Å². The molecule has 0 spiro atoms. The Labute approximate surface area is 145 Å². The number of nitrogens with two attached hydrogens (primary N) is 1. The molecule has 1 aliphatic heterocycles. The lowest BCUT2D eigenvalue weighted by molar-refractivity contribution is -0.127. The predicted molar refractivity (Wildman–Crippen MR) is 95.4 cm³/mol. The maximum absolute atomic E-state index is 12.0. The van der Waals surface area contributed by atoms with E-state index >= 15 is 0 Å². The van der Waals surface area contributed by atoms with Gasteiger partial charge in [-0.2, -0.15) is 0 Å². The Balaban J connectivity index is 1.60. The third-order valence-corrected chi connectivity index (χ3v) is 5.39. The average Bonchev–Trinajstić information content (AvgIpc) is 3.06. The molecule has 2 fully saturated rings. The number of likely N-dealkylation sites (tertiary alicyclic amines) is 1. The number of hydrogen-bond acceptors (Lipinski definition) is 4. The summed E-state index contributed by atoms with van der Waals surface area (Å²) in [4.78, 5) is 26.3. The molecule has 0 aromatic carbocycles. The first-order valence-electron chi connectivity index (χ1n) is 9.50. The molecule has 0 aromatic rings. The lowest BCUT2D eigenvalue weighted by Crippen LogP contribution is -2.50. The molecule has 6 nitrogen and oxygen atoms in total. The molecule has 1 aliphatic carbocycles. The van der Waals surface area contributed by atoms with Crippen molar-refractivity contribution in [1.82, 2.24) is 15.5 Å². The topological polar surface area (TPSA) is 87.5 Å². The maximum atomic E-state index is 12.0. The molecule has 6 heteroatoms. The number of hydrogen-bond donors (Lipinski definition) is 3. The second-order valence-corrected chi connectivity index (χ2v) is 7.78. The number of carbonyl (C=O) groups excluding carboxylic acids is 2. The molecule has 0 bridgehead atoms. The van der Waals surface area contributed by atoms with Crippen LogP contribution in [0.1, 0.15) is 52.4 Å². The first-order chi connectivity index (χ1) is 11.5. The summed E-state index contributed by atoms with van der Waals surface area (Å²) in [6, 6.07) is -0.329. The highest BCUT2D eigenvalue weighted by Gasteiger charge is 2.24. The van der Waals surface area contributed by atoms with Crippen molar-refractivity contribution < 1.29 is 9.59 Å². The van der Waals surface area contributed by atoms with Gasteiger partial charge in [0.25, 0.3) is 0 Å². The average molecular weight is 338 g/mol. The molecule has 0 radical (unpaired) electrons. The summed E-state index contributed by atoms with van der Waals surface area (Å²) >= 11 is 0. The van der Waals surface area contributed by atoms with Crippen molar-refractivity contribution in [3.05, 3.63) is 0 Å². The molecule has 0 aromatic heterocycles. The number of rotatable bonds is 7. The van der Waals surface area contributed by atoms with E-state index in [9.17, 15) is 9.59 Å². The van der Waals surface area contributed by atoms with Crippen LogP contribution in [0.15, 0.2) is 0 Å². The fourth-order valence-corrected chi connectivity index (χ4v) is 3.68. The van der Waals surface area contributed by atoms with Gasteiger partial charge in [0.1, 0.15) is 0 Å². The van der Waals surface area contributed by atoms with Gasteiger partial charge in [0, 0.05) is 25.7 Å². The molecule has 138 valence electrons. The van der Waals surface area contributed by atoms with Crippen LogP contribution in [0.3, 0.4) is 0 Å². The Morgan fingerprint density at radius 1 is 1.12 bits per heavy atom. The minimum Gasteiger partial charge on any atom is -0.352 e. The first kappa shape index (κ1) is 19.2. The van der Waals surface area contributed by atoms with E-state index in [1.165, 1.54) is 32.2 Å². The van der Waals surface area contributed by atoms with Gasteiger partial charge in [0.15, 0.2) is 0 Å². The van der Waals surface area contributed by atoms with Gasteiger partial charge in [-0.05, 0) is 37.5 Å². The van der Waals surface area contributed by atoms with Crippen LogP contribution in [-0.2, 0) is 9.59 Å². The molecule has 1 saturated carbocycles. The lowest BCUT2D eigenvalue weighted by atomic mass is 10.0. The van der Waals surface area contributed by atoms with Gasteiger partial charge in [-0.1, -0.05) is 26.7 Å². The van der Waals surface area contributed by atoms with Crippen LogP contribution in [-0.4, -0.2) is 55.0 Å². The number of piperidine rings is 1. The Kier molecular flexibility index (Phi) is 7.49. The Hall–Kier alpha value is -1.14. The third-order valence-electron chi connectivity index (χ3n) is 5.39. The monoisotopic (exact) mass is 338 g/mol. The van der Waals surface area contributed by atoms with Crippen molar-refractivity contribution in [2.45, 2.75) is 64.5 Å². The van der Waals surface area contributed by atoms with Crippen LogP contribution in [0.25, 0.3) is 0 Å². The predicted octanol–water partition coefficient (Wildman–Crippen LogP) is 0.857. The smallest absolute Gasteiger partial charge is 0.239 e. The standard InChI is InChI=1S/C18H34N4O2/c1-13(2)17(19)18(24)20-11-16(23)21-15-7-9-22(10-8-15)12-14-5-3-4-6-14/h13-15,17H,3-12,19H2,1-2H3,(H,20,24)(H,21,23)/t17-/m0/s1. The van der Waals surface area contributed by atoms with Crippen LogP contribution in [0.5, 0.6) is 0 Å². The highest BCUT2D eigenvalue weighted by atomic mass is 16.2. The molecule has 2 rings (SSSR count). The van der Waals surface area contributed by atoms with Crippen LogP contribution in [0, 0.1) is 11.8 Å². The Morgan fingerprint density at radius 2 is 1.75 bits per heavy atom. The van der Waals surface area contributed by atoms with Crippen LogP contribution in [0.2, 0.25) is 0 Å². The van der Waals surface area contributed by atoms with Crippen molar-refractivity contribution in [2.24, 2.45) is 17.6 Å². The fraction of sp³-hybridized carbons (Fsp3) is 0.889. The van der Waals surface area contributed by atoms with Gasteiger partial charge >= 0.3 is 0 Å². The van der Waals surface area contributed by atoms with E-state index in [0.29, 0.717) is 0 Å². The quantitative estimate of drug-likeness (QED) is 0.642. The number of carbonyl (C=O) groups is 2. The SMILES string of the molecule is CC(C)[C@H](N)C(=O)NCC(=O)NC1CCN(CC2CCCC2)CC1. The largest absolute Gasteiger partial charge is 0.352 e. The number of nitrogens with zero attached hydrogens (tertiary/aromatic N) is 1. The molecule has 4 N–H and O–H groups in total. The van der Waals surface area contributed by atoms with Gasteiger partial charge in [0.2, 0.25) is 11.8 Å². The second-order valence-electron chi connectivity index (χ2n) is 7.78. The lowest BCUT2D eigenvalue weighted by Gasteiger charge is -2.33. The van der Waals surface area contributed by atoms with Gasteiger partial charge in [-0.25, -0.2) is 0 Å². The van der Waals surface area contributed by atoms with E-state index in [1.807, 2.05) is 13.8 Å². The zero-order valence-electron chi connectivity index (χ0n) is 15.2. The minimum atomic E-state index is -0.559. The van der Waals surface area contributed by atoms with Crippen LogP contribution < -0.4 is 16.4 Å². The molecular formula is C18H34N4O2. The fourth-order valence-electron chi connectivity index (χ4n) is 3.68. The highest BCUT2D eigenvalue weighted by Crippen LogP contribution is 2.26. The van der Waals surface area contributed by atoms with E-state index in [0.717, 1.165) is 31.8 Å². The molecule has 2 aliphatic rings. The summed E-state index contributed by atoms with van der Waals surface area (Å²) < 4.78 is 0. The summed E-state index contributed by atoms with van der Waals surface area (Å²) in [6.07, 6.45) is 7.55. The van der Waals surface area contributed by atoms with E-state index < -0.39 is 6.04 Å². The van der Waals surface area contributed by atoms with E-state index in [1.54, 1.807) is 0 Å². The number of amides is 2. The van der Waals surface area contributed by atoms with Crippen LogP contribution >= 0.6 is 0 Å². The van der Waals surface area contributed by atoms with Crippen molar-refractivity contribution in [1.29, 1.82) is 0 Å². The first-order valence-corrected chi connectivity index (χ1v) is 9.50. The third kappa shape index (κ3) is 6.06. The maximum Gasteiger partial charge on any atom is 0.239 e. The Bertz CT molecular complexity index is 413. The Morgan fingerprint density at radius 3 is 2.33 bits per heavy atom. The van der Waals surface area contributed by atoms with Crippen molar-refractivity contribution in [3.8, 4) is 0 Å².